The Hall–Kier alpha value is -1.47. The molecule has 0 aliphatic rings. The van der Waals surface area contributed by atoms with E-state index in [9.17, 15) is 12.8 Å². The number of aryl methyl sites for hydroxylation is 1. The smallest absolute Gasteiger partial charge is 0.294 e. The molecule has 0 N–H and O–H groups in total. The molecule has 0 amide bonds. The third-order valence-electron chi connectivity index (χ3n) is 2.83. The van der Waals surface area contributed by atoms with Gasteiger partial charge in [-0.3, -0.25) is 4.57 Å². The maximum Gasteiger partial charge on any atom is 0.296 e. The third-order valence-corrected chi connectivity index (χ3v) is 3.96. The summed E-state index contributed by atoms with van der Waals surface area (Å²) in [5.41, 5.74) is 0.633. The van der Waals surface area contributed by atoms with E-state index in [2.05, 4.69) is 10.2 Å². The fourth-order valence-electron chi connectivity index (χ4n) is 1.91. The van der Waals surface area contributed by atoms with Gasteiger partial charge in [0, 0.05) is 16.7 Å². The van der Waals surface area contributed by atoms with Gasteiger partial charge in [0.1, 0.15) is 5.82 Å². The lowest BCUT2D eigenvalue weighted by molar-refractivity contribution is 0.528. The van der Waals surface area contributed by atoms with E-state index in [1.165, 1.54) is 10.6 Å². The first-order valence-electron chi connectivity index (χ1n) is 5.88. The highest BCUT2D eigenvalue weighted by atomic mass is 35.7. The van der Waals surface area contributed by atoms with Crippen molar-refractivity contribution >= 4 is 19.7 Å². The van der Waals surface area contributed by atoms with E-state index in [0.717, 1.165) is 0 Å². The lowest BCUT2D eigenvalue weighted by atomic mass is 10.1. The minimum absolute atomic E-state index is 0.139. The Morgan fingerprint density at radius 3 is 2.50 bits per heavy atom. The van der Waals surface area contributed by atoms with Crippen molar-refractivity contribution in [2.24, 2.45) is 0 Å². The molecule has 20 heavy (non-hydrogen) atoms. The topological polar surface area (TPSA) is 64.8 Å². The Bertz CT molecular complexity index is 756. The van der Waals surface area contributed by atoms with E-state index >= 15 is 0 Å². The van der Waals surface area contributed by atoms with Crippen molar-refractivity contribution in [2.45, 2.75) is 32.0 Å². The zero-order chi connectivity index (χ0) is 15.1. The molecule has 0 spiro atoms. The third kappa shape index (κ3) is 2.55. The molecule has 1 heterocycles. The van der Waals surface area contributed by atoms with Crippen LogP contribution in [0.4, 0.5) is 4.39 Å². The maximum atomic E-state index is 14.2. The highest BCUT2D eigenvalue weighted by molar-refractivity contribution is 8.13. The molecule has 0 aliphatic carbocycles. The summed E-state index contributed by atoms with van der Waals surface area (Å²) in [5.74, 6) is -0.319. The van der Waals surface area contributed by atoms with Gasteiger partial charge in [0.2, 0.25) is 0 Å². The molecule has 2 aromatic rings. The minimum atomic E-state index is -4.05. The molecule has 108 valence electrons. The summed E-state index contributed by atoms with van der Waals surface area (Å²) in [6.07, 6.45) is 0. The summed E-state index contributed by atoms with van der Waals surface area (Å²) >= 11 is 0. The number of nitrogens with zero attached hydrogens (tertiary/aromatic N) is 3. The number of hydrogen-bond donors (Lipinski definition) is 0. The first-order chi connectivity index (χ1) is 9.23. The standard InChI is InChI=1S/C12H13ClFN3O2S/c1-7(2)17-11(15-16-12(17)20(13,18)19)9-6-4-5-8(3)10(9)14/h4-7H,1-3H3. The van der Waals surface area contributed by atoms with Gasteiger partial charge in [-0.2, -0.15) is 0 Å². The van der Waals surface area contributed by atoms with Crippen LogP contribution in [0, 0.1) is 12.7 Å². The fourth-order valence-corrected chi connectivity index (χ4v) is 2.90. The SMILES string of the molecule is Cc1cccc(-c2nnc(S(=O)(=O)Cl)n2C(C)C)c1F. The van der Waals surface area contributed by atoms with Crippen molar-refractivity contribution in [1.82, 2.24) is 14.8 Å². The van der Waals surface area contributed by atoms with E-state index in [0.29, 0.717) is 5.56 Å². The van der Waals surface area contributed by atoms with Crippen LogP contribution < -0.4 is 0 Å². The number of benzene rings is 1. The molecule has 0 saturated carbocycles. The maximum absolute atomic E-state index is 14.2. The number of halogens is 2. The van der Waals surface area contributed by atoms with Gasteiger partial charge in [0.25, 0.3) is 14.2 Å². The van der Waals surface area contributed by atoms with Crippen molar-refractivity contribution in [1.29, 1.82) is 0 Å². The molecule has 0 radical (unpaired) electrons. The van der Waals surface area contributed by atoms with Crippen molar-refractivity contribution in [3.63, 3.8) is 0 Å². The Kier molecular flexibility index (Phi) is 3.84. The molecule has 2 rings (SSSR count). The molecule has 0 aliphatic heterocycles. The highest BCUT2D eigenvalue weighted by Crippen LogP contribution is 2.28. The van der Waals surface area contributed by atoms with E-state index < -0.39 is 14.9 Å². The summed E-state index contributed by atoms with van der Waals surface area (Å²) in [6, 6.07) is 4.52. The zero-order valence-corrected chi connectivity index (χ0v) is 12.7. The zero-order valence-electron chi connectivity index (χ0n) is 11.1. The highest BCUT2D eigenvalue weighted by Gasteiger charge is 2.26. The van der Waals surface area contributed by atoms with Gasteiger partial charge in [0.05, 0.1) is 5.56 Å². The predicted molar refractivity (Wildman–Crippen MR) is 73.6 cm³/mol. The van der Waals surface area contributed by atoms with Crippen LogP contribution >= 0.6 is 10.7 Å². The van der Waals surface area contributed by atoms with Gasteiger partial charge in [-0.15, -0.1) is 10.2 Å². The Morgan fingerprint density at radius 2 is 1.95 bits per heavy atom. The van der Waals surface area contributed by atoms with Crippen molar-refractivity contribution in [2.75, 3.05) is 0 Å². The number of hydrogen-bond acceptors (Lipinski definition) is 4. The lowest BCUT2D eigenvalue weighted by Gasteiger charge is -2.13. The van der Waals surface area contributed by atoms with Crippen molar-refractivity contribution in [3.8, 4) is 11.4 Å². The molecule has 1 aromatic carbocycles. The molecule has 1 aromatic heterocycles. The van der Waals surface area contributed by atoms with Crippen LogP contribution in [0.5, 0.6) is 0 Å². The van der Waals surface area contributed by atoms with Crippen LogP contribution in [0.3, 0.4) is 0 Å². The van der Waals surface area contributed by atoms with Crippen LogP contribution in [0.15, 0.2) is 23.4 Å². The van der Waals surface area contributed by atoms with Crippen LogP contribution in [0.2, 0.25) is 0 Å². The van der Waals surface area contributed by atoms with Crippen molar-refractivity contribution in [3.05, 3.63) is 29.6 Å². The summed E-state index contributed by atoms with van der Waals surface area (Å²) in [7, 11) is 1.29. The number of aromatic nitrogens is 3. The molecular formula is C12H13ClFN3O2S. The number of rotatable bonds is 3. The minimum Gasteiger partial charge on any atom is -0.294 e. The normalized spacial score (nSPS) is 12.1. The van der Waals surface area contributed by atoms with E-state index in [4.69, 9.17) is 10.7 Å². The molecule has 8 heteroatoms. The molecule has 0 unspecified atom stereocenters. The van der Waals surface area contributed by atoms with Crippen LogP contribution in [-0.4, -0.2) is 23.2 Å². The summed E-state index contributed by atoms with van der Waals surface area (Å²) in [4.78, 5) is 0. The predicted octanol–water partition coefficient (Wildman–Crippen LogP) is 2.90. The average molecular weight is 318 g/mol. The second-order valence-corrected chi connectivity index (χ2v) is 7.10. The van der Waals surface area contributed by atoms with Gasteiger partial charge in [-0.25, -0.2) is 12.8 Å². The Balaban J connectivity index is 2.76. The molecule has 0 bridgehead atoms. The average Bonchev–Trinajstić information content (AvgIpc) is 2.77. The van der Waals surface area contributed by atoms with E-state index in [1.54, 1.807) is 32.9 Å². The first-order valence-corrected chi connectivity index (χ1v) is 8.19. The van der Waals surface area contributed by atoms with Gasteiger partial charge in [-0.1, -0.05) is 12.1 Å². The second-order valence-electron chi connectivity index (χ2n) is 4.64. The lowest BCUT2D eigenvalue weighted by Crippen LogP contribution is -2.10. The quantitative estimate of drug-likeness (QED) is 0.816. The van der Waals surface area contributed by atoms with Gasteiger partial charge in [0.15, 0.2) is 5.82 Å². The second kappa shape index (κ2) is 5.14. The van der Waals surface area contributed by atoms with Crippen LogP contribution in [0.1, 0.15) is 25.5 Å². The monoisotopic (exact) mass is 317 g/mol. The fraction of sp³-hybridized carbons (Fsp3) is 0.333. The molecular weight excluding hydrogens is 305 g/mol. The summed E-state index contributed by atoms with van der Waals surface area (Å²) in [6.45, 7) is 5.10. The Labute approximate surface area is 120 Å². The van der Waals surface area contributed by atoms with Crippen LogP contribution in [-0.2, 0) is 9.05 Å². The van der Waals surface area contributed by atoms with Crippen LogP contribution in [0.25, 0.3) is 11.4 Å². The first kappa shape index (κ1) is 14.9. The van der Waals surface area contributed by atoms with Gasteiger partial charge in [-0.05, 0) is 32.4 Å². The van der Waals surface area contributed by atoms with Gasteiger partial charge >= 0.3 is 0 Å². The van der Waals surface area contributed by atoms with E-state index in [1.807, 2.05) is 0 Å². The molecule has 0 fully saturated rings. The summed E-state index contributed by atoms with van der Waals surface area (Å²) < 4.78 is 38.5. The van der Waals surface area contributed by atoms with E-state index in [-0.39, 0.29) is 22.6 Å². The molecule has 5 nitrogen and oxygen atoms in total. The molecule has 0 atom stereocenters. The summed E-state index contributed by atoms with van der Waals surface area (Å²) in [5, 5.41) is 6.98. The van der Waals surface area contributed by atoms with Crippen molar-refractivity contribution < 1.29 is 12.8 Å². The molecule has 0 saturated heterocycles. The van der Waals surface area contributed by atoms with Gasteiger partial charge < -0.3 is 0 Å². The largest absolute Gasteiger partial charge is 0.296 e. The Morgan fingerprint density at radius 1 is 1.30 bits per heavy atom.